The lowest BCUT2D eigenvalue weighted by Gasteiger charge is -2.28. The standard InChI is InChI=1S/C10H19N3O2/c1-4-10(5-2,15-6-3)9-11-8(7-14)12-13-9/h14H,4-7H2,1-3H3,(H,11,12,13). The number of hydrogen-bond acceptors (Lipinski definition) is 4. The zero-order chi connectivity index (χ0) is 11.3. The predicted octanol–water partition coefficient (Wildman–Crippen LogP) is 1.35. The highest BCUT2D eigenvalue weighted by molar-refractivity contribution is 5.02. The summed E-state index contributed by atoms with van der Waals surface area (Å²) in [6, 6.07) is 0. The van der Waals surface area contributed by atoms with Gasteiger partial charge in [-0.1, -0.05) is 13.8 Å². The van der Waals surface area contributed by atoms with E-state index in [1.54, 1.807) is 0 Å². The van der Waals surface area contributed by atoms with Crippen molar-refractivity contribution < 1.29 is 9.84 Å². The SMILES string of the molecule is CCOC(CC)(CC)c1n[nH]c(CO)n1. The molecular formula is C10H19N3O2. The number of aromatic nitrogens is 3. The van der Waals surface area contributed by atoms with E-state index in [2.05, 4.69) is 15.2 Å². The van der Waals surface area contributed by atoms with E-state index in [0.29, 0.717) is 18.3 Å². The topological polar surface area (TPSA) is 71.0 Å². The molecule has 0 spiro atoms. The highest BCUT2D eigenvalue weighted by Crippen LogP contribution is 2.30. The molecule has 2 N–H and O–H groups in total. The molecule has 0 aromatic carbocycles. The number of nitrogens with one attached hydrogen (secondary N) is 1. The lowest BCUT2D eigenvalue weighted by Crippen LogP contribution is -2.29. The molecule has 0 aliphatic rings. The van der Waals surface area contributed by atoms with Gasteiger partial charge in [-0.3, -0.25) is 5.10 Å². The summed E-state index contributed by atoms with van der Waals surface area (Å²) >= 11 is 0. The van der Waals surface area contributed by atoms with Gasteiger partial charge in [0.25, 0.3) is 0 Å². The van der Waals surface area contributed by atoms with Crippen molar-refractivity contribution in [2.45, 2.75) is 45.8 Å². The van der Waals surface area contributed by atoms with Crippen LogP contribution in [0, 0.1) is 0 Å². The number of aliphatic hydroxyl groups excluding tert-OH is 1. The van der Waals surface area contributed by atoms with E-state index in [9.17, 15) is 0 Å². The first-order valence-corrected chi connectivity index (χ1v) is 5.39. The van der Waals surface area contributed by atoms with Crippen LogP contribution < -0.4 is 0 Å². The Labute approximate surface area is 89.9 Å². The van der Waals surface area contributed by atoms with Crippen LogP contribution in [0.1, 0.15) is 45.3 Å². The fraction of sp³-hybridized carbons (Fsp3) is 0.800. The quantitative estimate of drug-likeness (QED) is 0.748. The fourth-order valence-corrected chi connectivity index (χ4v) is 1.68. The van der Waals surface area contributed by atoms with Gasteiger partial charge < -0.3 is 9.84 Å². The first kappa shape index (κ1) is 12.1. The third-order valence-electron chi connectivity index (χ3n) is 2.65. The molecule has 86 valence electrons. The van der Waals surface area contributed by atoms with Crippen molar-refractivity contribution in [3.05, 3.63) is 11.6 Å². The lowest BCUT2D eigenvalue weighted by atomic mass is 9.96. The zero-order valence-electron chi connectivity index (χ0n) is 9.58. The van der Waals surface area contributed by atoms with E-state index in [0.717, 1.165) is 12.8 Å². The average molecular weight is 213 g/mol. The minimum absolute atomic E-state index is 0.122. The van der Waals surface area contributed by atoms with Crippen LogP contribution in [-0.4, -0.2) is 26.9 Å². The monoisotopic (exact) mass is 213 g/mol. The predicted molar refractivity (Wildman–Crippen MR) is 56.2 cm³/mol. The van der Waals surface area contributed by atoms with Gasteiger partial charge in [-0.2, -0.15) is 5.10 Å². The van der Waals surface area contributed by atoms with Gasteiger partial charge >= 0.3 is 0 Å². The zero-order valence-corrected chi connectivity index (χ0v) is 9.58. The molecule has 0 fully saturated rings. The first-order valence-electron chi connectivity index (χ1n) is 5.39. The maximum Gasteiger partial charge on any atom is 0.182 e. The lowest BCUT2D eigenvalue weighted by molar-refractivity contribution is -0.0569. The summed E-state index contributed by atoms with van der Waals surface area (Å²) in [6.45, 7) is 6.56. The molecule has 0 amide bonds. The summed E-state index contributed by atoms with van der Waals surface area (Å²) in [7, 11) is 0. The minimum Gasteiger partial charge on any atom is -0.388 e. The second-order valence-corrected chi connectivity index (χ2v) is 3.40. The van der Waals surface area contributed by atoms with Crippen molar-refractivity contribution in [1.82, 2.24) is 15.2 Å². The summed E-state index contributed by atoms with van der Waals surface area (Å²) in [4.78, 5) is 4.22. The van der Waals surface area contributed by atoms with Crippen LogP contribution in [0.15, 0.2) is 0 Å². The van der Waals surface area contributed by atoms with E-state index in [4.69, 9.17) is 9.84 Å². The first-order chi connectivity index (χ1) is 7.22. The summed E-state index contributed by atoms with van der Waals surface area (Å²) in [5.41, 5.74) is -0.418. The van der Waals surface area contributed by atoms with Gasteiger partial charge in [0.2, 0.25) is 0 Å². The molecule has 5 nitrogen and oxygen atoms in total. The minimum atomic E-state index is -0.418. The van der Waals surface area contributed by atoms with Crippen molar-refractivity contribution in [2.24, 2.45) is 0 Å². The Morgan fingerprint density at radius 3 is 2.40 bits per heavy atom. The van der Waals surface area contributed by atoms with Crippen LogP contribution in [-0.2, 0) is 16.9 Å². The number of aliphatic hydroxyl groups is 1. The summed E-state index contributed by atoms with van der Waals surface area (Å²) in [6.07, 6.45) is 1.64. The smallest absolute Gasteiger partial charge is 0.182 e. The number of hydrogen-bond donors (Lipinski definition) is 2. The van der Waals surface area contributed by atoms with Crippen LogP contribution in [0.25, 0.3) is 0 Å². The Hall–Kier alpha value is -0.940. The average Bonchev–Trinajstić information content (AvgIpc) is 2.75. The number of ether oxygens (including phenoxy) is 1. The summed E-state index contributed by atoms with van der Waals surface area (Å²) < 4.78 is 5.75. The fourth-order valence-electron chi connectivity index (χ4n) is 1.68. The van der Waals surface area contributed by atoms with Gasteiger partial charge in [-0.25, -0.2) is 4.98 Å². The van der Waals surface area contributed by atoms with E-state index in [1.165, 1.54) is 0 Å². The Bertz CT molecular complexity index is 295. The second-order valence-electron chi connectivity index (χ2n) is 3.40. The van der Waals surface area contributed by atoms with Crippen LogP contribution in [0.2, 0.25) is 0 Å². The van der Waals surface area contributed by atoms with E-state index in [-0.39, 0.29) is 6.61 Å². The van der Waals surface area contributed by atoms with Gasteiger partial charge in [0.15, 0.2) is 5.82 Å². The van der Waals surface area contributed by atoms with Gasteiger partial charge in [-0.15, -0.1) is 0 Å². The molecule has 0 bridgehead atoms. The summed E-state index contributed by atoms with van der Waals surface area (Å²) in [5, 5.41) is 15.7. The Morgan fingerprint density at radius 1 is 1.33 bits per heavy atom. The molecule has 1 heterocycles. The van der Waals surface area contributed by atoms with Gasteiger partial charge in [-0.05, 0) is 19.8 Å². The number of H-pyrrole nitrogens is 1. The van der Waals surface area contributed by atoms with Crippen LogP contribution >= 0.6 is 0 Å². The maximum atomic E-state index is 8.92. The van der Waals surface area contributed by atoms with Gasteiger partial charge in [0.05, 0.1) is 0 Å². The van der Waals surface area contributed by atoms with Crippen LogP contribution in [0.3, 0.4) is 0 Å². The molecule has 15 heavy (non-hydrogen) atoms. The summed E-state index contributed by atoms with van der Waals surface area (Å²) in [5.74, 6) is 1.12. The molecule has 1 aromatic heterocycles. The van der Waals surface area contributed by atoms with E-state index >= 15 is 0 Å². The van der Waals surface area contributed by atoms with Crippen molar-refractivity contribution in [1.29, 1.82) is 0 Å². The molecule has 0 aliphatic carbocycles. The molecule has 0 saturated heterocycles. The third-order valence-corrected chi connectivity index (χ3v) is 2.65. The molecule has 1 aromatic rings. The van der Waals surface area contributed by atoms with Crippen molar-refractivity contribution in [3.8, 4) is 0 Å². The van der Waals surface area contributed by atoms with Crippen molar-refractivity contribution in [3.63, 3.8) is 0 Å². The normalized spacial score (nSPS) is 12.0. The van der Waals surface area contributed by atoms with Crippen LogP contribution in [0.5, 0.6) is 0 Å². The van der Waals surface area contributed by atoms with Crippen molar-refractivity contribution >= 4 is 0 Å². The van der Waals surface area contributed by atoms with Crippen molar-refractivity contribution in [2.75, 3.05) is 6.61 Å². The largest absolute Gasteiger partial charge is 0.388 e. The number of aromatic amines is 1. The Balaban J connectivity index is 2.96. The molecule has 0 saturated carbocycles. The molecular weight excluding hydrogens is 194 g/mol. The molecule has 0 aliphatic heterocycles. The van der Waals surface area contributed by atoms with E-state index in [1.807, 2.05) is 20.8 Å². The molecule has 5 heteroatoms. The highest BCUT2D eigenvalue weighted by atomic mass is 16.5. The molecule has 1 rings (SSSR count). The molecule has 0 atom stereocenters. The third kappa shape index (κ3) is 2.35. The van der Waals surface area contributed by atoms with Gasteiger partial charge in [0, 0.05) is 6.61 Å². The van der Waals surface area contributed by atoms with Crippen LogP contribution in [0.4, 0.5) is 0 Å². The second kappa shape index (κ2) is 5.23. The molecule has 0 unspecified atom stereocenters. The number of nitrogens with zero attached hydrogens (tertiary/aromatic N) is 2. The Morgan fingerprint density at radius 2 is 2.00 bits per heavy atom. The highest BCUT2D eigenvalue weighted by Gasteiger charge is 2.33. The molecule has 0 radical (unpaired) electrons. The maximum absolute atomic E-state index is 8.92. The van der Waals surface area contributed by atoms with Gasteiger partial charge in [0.1, 0.15) is 18.0 Å². The van der Waals surface area contributed by atoms with E-state index < -0.39 is 5.60 Å². The Kier molecular flexibility index (Phi) is 4.23. The number of rotatable bonds is 6.